The summed E-state index contributed by atoms with van der Waals surface area (Å²) in [5.74, 6) is -0.470. The summed E-state index contributed by atoms with van der Waals surface area (Å²) >= 11 is 12.7. The standard InChI is InChI=1S/C23H20Cl2N2O4S/c24-20-16-21(25)22(32(29,30)26-11-13-31-14-12-26)15-19(20)23(28)27(17-7-3-1-4-8-17)18-9-5-2-6-10-18/h1-10,15-16H,11-14H2. The molecule has 0 radical (unpaired) electrons. The van der Waals surface area contributed by atoms with Crippen LogP contribution in [0.15, 0.2) is 77.7 Å². The molecule has 1 heterocycles. The zero-order valence-electron chi connectivity index (χ0n) is 16.9. The number of ether oxygens (including phenoxy) is 1. The molecule has 0 spiro atoms. The summed E-state index contributed by atoms with van der Waals surface area (Å²) in [4.78, 5) is 15.0. The number of halogens is 2. The van der Waals surface area contributed by atoms with Crippen LogP contribution in [0.1, 0.15) is 10.4 Å². The number of sulfonamides is 1. The first-order valence-electron chi connectivity index (χ1n) is 9.91. The fourth-order valence-electron chi connectivity index (χ4n) is 3.47. The van der Waals surface area contributed by atoms with Crippen molar-refractivity contribution in [2.24, 2.45) is 0 Å². The fraction of sp³-hybridized carbons (Fsp3) is 0.174. The first kappa shape index (κ1) is 22.8. The third kappa shape index (κ3) is 4.53. The lowest BCUT2D eigenvalue weighted by molar-refractivity contribution is 0.0730. The van der Waals surface area contributed by atoms with Crippen LogP contribution >= 0.6 is 23.2 Å². The van der Waals surface area contributed by atoms with Crippen LogP contribution in [-0.2, 0) is 14.8 Å². The SMILES string of the molecule is O=C(c1cc(S(=O)(=O)N2CCOCC2)c(Cl)cc1Cl)N(c1ccccc1)c1ccccc1. The van der Waals surface area contributed by atoms with Gasteiger partial charge in [0.2, 0.25) is 10.0 Å². The molecule has 6 nitrogen and oxygen atoms in total. The third-order valence-electron chi connectivity index (χ3n) is 5.07. The summed E-state index contributed by atoms with van der Waals surface area (Å²) in [5.41, 5.74) is 1.27. The van der Waals surface area contributed by atoms with E-state index < -0.39 is 15.9 Å². The van der Waals surface area contributed by atoms with Gasteiger partial charge in [0.15, 0.2) is 0 Å². The van der Waals surface area contributed by atoms with Crippen LogP contribution in [-0.4, -0.2) is 44.9 Å². The third-order valence-corrected chi connectivity index (χ3v) is 7.75. The van der Waals surface area contributed by atoms with E-state index in [9.17, 15) is 13.2 Å². The van der Waals surface area contributed by atoms with Crippen molar-refractivity contribution in [1.29, 1.82) is 0 Å². The van der Waals surface area contributed by atoms with Gasteiger partial charge in [-0.15, -0.1) is 0 Å². The predicted molar refractivity (Wildman–Crippen MR) is 125 cm³/mol. The van der Waals surface area contributed by atoms with E-state index >= 15 is 0 Å². The van der Waals surface area contributed by atoms with Gasteiger partial charge in [-0.3, -0.25) is 9.69 Å². The zero-order valence-corrected chi connectivity index (χ0v) is 19.3. The largest absolute Gasteiger partial charge is 0.379 e. The van der Waals surface area contributed by atoms with Gasteiger partial charge in [0, 0.05) is 24.5 Å². The summed E-state index contributed by atoms with van der Waals surface area (Å²) in [6, 6.07) is 20.7. The summed E-state index contributed by atoms with van der Waals surface area (Å²) in [7, 11) is -3.93. The van der Waals surface area contributed by atoms with Crippen LogP contribution in [0, 0.1) is 0 Å². The number of hydrogen-bond donors (Lipinski definition) is 0. The number of carbonyl (C=O) groups excluding carboxylic acids is 1. The molecule has 0 bridgehead atoms. The van der Waals surface area contributed by atoms with Gasteiger partial charge in [0.05, 0.1) is 28.8 Å². The molecule has 166 valence electrons. The van der Waals surface area contributed by atoms with E-state index in [4.69, 9.17) is 27.9 Å². The molecule has 0 unspecified atom stereocenters. The number of rotatable bonds is 5. The quantitative estimate of drug-likeness (QED) is 0.504. The molecule has 0 aromatic heterocycles. The van der Waals surface area contributed by atoms with E-state index in [0.717, 1.165) is 0 Å². The Kier molecular flexibility index (Phi) is 6.83. The second kappa shape index (κ2) is 9.60. The minimum atomic E-state index is -3.93. The lowest BCUT2D eigenvalue weighted by atomic mass is 10.1. The highest BCUT2D eigenvalue weighted by Crippen LogP contribution is 2.34. The van der Waals surface area contributed by atoms with Gasteiger partial charge in [0.25, 0.3) is 5.91 Å². The maximum absolute atomic E-state index is 13.7. The van der Waals surface area contributed by atoms with Crippen molar-refractivity contribution in [1.82, 2.24) is 4.31 Å². The molecule has 1 fully saturated rings. The van der Waals surface area contributed by atoms with Gasteiger partial charge >= 0.3 is 0 Å². The van der Waals surface area contributed by atoms with Crippen LogP contribution < -0.4 is 4.90 Å². The minimum absolute atomic E-state index is 0.0376. The predicted octanol–water partition coefficient (Wildman–Crippen LogP) is 4.99. The summed E-state index contributed by atoms with van der Waals surface area (Å²) < 4.78 is 33.0. The van der Waals surface area contributed by atoms with Crippen molar-refractivity contribution in [3.8, 4) is 0 Å². The van der Waals surface area contributed by atoms with Crippen LogP contribution in [0.2, 0.25) is 10.0 Å². The highest BCUT2D eigenvalue weighted by molar-refractivity contribution is 7.89. The van der Waals surface area contributed by atoms with Crippen molar-refractivity contribution in [2.45, 2.75) is 4.90 Å². The van der Waals surface area contributed by atoms with Crippen molar-refractivity contribution < 1.29 is 17.9 Å². The van der Waals surface area contributed by atoms with Crippen molar-refractivity contribution in [2.75, 3.05) is 31.2 Å². The number of hydrogen-bond acceptors (Lipinski definition) is 4. The Labute approximate surface area is 197 Å². The van der Waals surface area contributed by atoms with E-state index in [1.807, 2.05) is 36.4 Å². The summed E-state index contributed by atoms with van der Waals surface area (Å²) in [6.45, 7) is 1.02. The Bertz CT molecular complexity index is 1180. The normalized spacial score (nSPS) is 14.8. The van der Waals surface area contributed by atoms with E-state index in [0.29, 0.717) is 24.6 Å². The molecule has 1 saturated heterocycles. The van der Waals surface area contributed by atoms with E-state index in [1.165, 1.54) is 21.3 Å². The molecular formula is C23H20Cl2N2O4S. The molecule has 3 aromatic rings. The number of anilines is 2. The first-order valence-corrected chi connectivity index (χ1v) is 12.1. The number of amides is 1. The molecule has 1 amide bonds. The van der Waals surface area contributed by atoms with Gasteiger partial charge in [0.1, 0.15) is 4.90 Å². The maximum atomic E-state index is 13.7. The Hall–Kier alpha value is -2.42. The molecular weight excluding hydrogens is 471 g/mol. The molecule has 3 aromatic carbocycles. The number of para-hydroxylation sites is 2. The molecule has 0 saturated carbocycles. The fourth-order valence-corrected chi connectivity index (χ4v) is 5.71. The average molecular weight is 491 g/mol. The van der Waals surface area contributed by atoms with Crippen LogP contribution in [0.4, 0.5) is 11.4 Å². The van der Waals surface area contributed by atoms with Crippen LogP contribution in [0.5, 0.6) is 0 Å². The summed E-state index contributed by atoms with van der Waals surface area (Å²) in [6.07, 6.45) is 0. The van der Waals surface area contributed by atoms with Crippen molar-refractivity contribution in [3.05, 3.63) is 88.4 Å². The Morgan fingerprint density at radius 3 is 1.91 bits per heavy atom. The topological polar surface area (TPSA) is 66.9 Å². The van der Waals surface area contributed by atoms with Gasteiger partial charge in [-0.25, -0.2) is 8.42 Å². The number of benzene rings is 3. The molecule has 0 N–H and O–H groups in total. The van der Waals surface area contributed by atoms with E-state index in [-0.39, 0.29) is 33.6 Å². The molecule has 0 atom stereocenters. The first-order chi connectivity index (χ1) is 15.4. The van der Waals surface area contributed by atoms with Crippen molar-refractivity contribution in [3.63, 3.8) is 0 Å². The van der Waals surface area contributed by atoms with Gasteiger partial charge < -0.3 is 4.74 Å². The monoisotopic (exact) mass is 490 g/mol. The Morgan fingerprint density at radius 2 is 1.38 bits per heavy atom. The van der Waals surface area contributed by atoms with Crippen molar-refractivity contribution >= 4 is 50.5 Å². The minimum Gasteiger partial charge on any atom is -0.379 e. The molecule has 0 aliphatic carbocycles. The molecule has 1 aliphatic heterocycles. The van der Waals surface area contributed by atoms with E-state index in [2.05, 4.69) is 0 Å². The molecule has 4 rings (SSSR count). The molecule has 9 heteroatoms. The van der Waals surface area contributed by atoms with E-state index in [1.54, 1.807) is 24.3 Å². The summed E-state index contributed by atoms with van der Waals surface area (Å²) in [5, 5.41) is 0.0294. The number of nitrogens with zero attached hydrogens (tertiary/aromatic N) is 2. The number of morpholine rings is 1. The van der Waals surface area contributed by atoms with Crippen LogP contribution in [0.25, 0.3) is 0 Å². The zero-order chi connectivity index (χ0) is 22.7. The smallest absolute Gasteiger partial charge is 0.264 e. The molecule has 32 heavy (non-hydrogen) atoms. The molecule has 1 aliphatic rings. The highest BCUT2D eigenvalue weighted by Gasteiger charge is 2.31. The maximum Gasteiger partial charge on any atom is 0.264 e. The Morgan fingerprint density at radius 1 is 0.844 bits per heavy atom. The van der Waals surface area contributed by atoms with Crippen LogP contribution in [0.3, 0.4) is 0 Å². The lowest BCUT2D eigenvalue weighted by Crippen LogP contribution is -2.40. The second-order valence-electron chi connectivity index (χ2n) is 7.09. The lowest BCUT2D eigenvalue weighted by Gasteiger charge is -2.27. The average Bonchev–Trinajstić information content (AvgIpc) is 2.81. The highest BCUT2D eigenvalue weighted by atomic mass is 35.5. The Balaban J connectivity index is 1.81. The number of carbonyl (C=O) groups is 1. The van der Waals surface area contributed by atoms with Gasteiger partial charge in [-0.05, 0) is 36.4 Å². The second-order valence-corrected chi connectivity index (χ2v) is 9.81. The van der Waals surface area contributed by atoms with Gasteiger partial charge in [-0.1, -0.05) is 59.6 Å². The van der Waals surface area contributed by atoms with Gasteiger partial charge in [-0.2, -0.15) is 4.31 Å².